The van der Waals surface area contributed by atoms with Crippen LogP contribution >= 0.6 is 0 Å². The van der Waals surface area contributed by atoms with E-state index in [4.69, 9.17) is 9.11 Å². The molecule has 10 heteroatoms. The summed E-state index contributed by atoms with van der Waals surface area (Å²) in [5.41, 5.74) is 0. The zero-order chi connectivity index (χ0) is 7.71. The zero-order valence-electron chi connectivity index (χ0n) is 4.05. The molecule has 0 atom stereocenters. The molecule has 0 fully saturated rings. The fraction of sp³-hybridized carbons (Fsp3) is 1.00. The van der Waals surface area contributed by atoms with E-state index in [1.54, 1.807) is 0 Å². The third-order valence-electron chi connectivity index (χ3n) is 0.298. The standard InChI is InChI=1S/CH4O6S2.Li.Na.2H/c2-8(3,4)1-9(5,6)7;;;;/h1H2,(H,2,3,4)(H,5,6,7);;;;. The molecule has 0 radical (unpaired) electrons. The molecule has 0 aromatic rings. The van der Waals surface area contributed by atoms with E-state index in [1.807, 2.05) is 0 Å². The van der Waals surface area contributed by atoms with Gasteiger partial charge >= 0.3 is 48.4 Å². The van der Waals surface area contributed by atoms with Gasteiger partial charge in [0.1, 0.15) is 0 Å². The Balaban J connectivity index is -0.000000320. The van der Waals surface area contributed by atoms with E-state index in [0.29, 0.717) is 0 Å². The summed E-state index contributed by atoms with van der Waals surface area (Å²) in [4.78, 5) is 0. The SMILES string of the molecule is O=S(=O)(O)CS(=O)(=O)O.[LiH].[NaH]. The Morgan fingerprint density at radius 3 is 1.09 bits per heavy atom. The van der Waals surface area contributed by atoms with Gasteiger partial charge in [0.05, 0.1) is 0 Å². The van der Waals surface area contributed by atoms with Crippen LogP contribution in [0.2, 0.25) is 0 Å². The number of hydrogen-bond acceptors (Lipinski definition) is 4. The molecular formula is CH6LiNaO6S2. The van der Waals surface area contributed by atoms with Gasteiger partial charge in [-0.1, -0.05) is 0 Å². The van der Waals surface area contributed by atoms with Crippen LogP contribution < -0.4 is 0 Å². The van der Waals surface area contributed by atoms with Crippen molar-refractivity contribution >= 4 is 68.7 Å². The number of hydrogen-bond donors (Lipinski definition) is 2. The second kappa shape index (κ2) is 5.96. The molecule has 0 aliphatic rings. The van der Waals surface area contributed by atoms with Crippen LogP contribution in [0.3, 0.4) is 0 Å². The molecule has 0 aliphatic heterocycles. The molecule has 0 aromatic carbocycles. The first kappa shape index (κ1) is 18.3. The van der Waals surface area contributed by atoms with Gasteiger partial charge in [-0.15, -0.1) is 0 Å². The Labute approximate surface area is 98.7 Å². The van der Waals surface area contributed by atoms with Crippen molar-refractivity contribution in [1.29, 1.82) is 0 Å². The third kappa shape index (κ3) is 18.4. The molecule has 60 valence electrons. The van der Waals surface area contributed by atoms with Crippen molar-refractivity contribution in [3.05, 3.63) is 0 Å². The van der Waals surface area contributed by atoms with E-state index >= 15 is 0 Å². The molecule has 0 rings (SSSR count). The Bertz CT molecular complexity index is 246. The van der Waals surface area contributed by atoms with Gasteiger partial charge in [-0.25, -0.2) is 0 Å². The van der Waals surface area contributed by atoms with Crippen LogP contribution in [0.15, 0.2) is 0 Å². The summed E-state index contributed by atoms with van der Waals surface area (Å²) in [6, 6.07) is 0. The van der Waals surface area contributed by atoms with Gasteiger partial charge in [0.25, 0.3) is 20.2 Å². The average molecular weight is 208 g/mol. The van der Waals surface area contributed by atoms with Crippen LogP contribution in [0.4, 0.5) is 0 Å². The van der Waals surface area contributed by atoms with Crippen molar-refractivity contribution in [2.24, 2.45) is 0 Å². The monoisotopic (exact) mass is 208 g/mol. The molecule has 0 bridgehead atoms. The maximum atomic E-state index is 9.66. The van der Waals surface area contributed by atoms with Crippen molar-refractivity contribution < 1.29 is 25.9 Å². The molecule has 0 saturated carbocycles. The van der Waals surface area contributed by atoms with Crippen molar-refractivity contribution in [1.82, 2.24) is 0 Å². The normalized spacial score (nSPS) is 11.1. The summed E-state index contributed by atoms with van der Waals surface area (Å²) in [7, 11) is -9.24. The molecule has 0 unspecified atom stereocenters. The molecule has 0 aliphatic carbocycles. The van der Waals surface area contributed by atoms with E-state index < -0.39 is 25.3 Å². The summed E-state index contributed by atoms with van der Waals surface area (Å²) in [6.45, 7) is 0. The summed E-state index contributed by atoms with van der Waals surface area (Å²) < 4.78 is 54.2. The predicted octanol–water partition coefficient (Wildman–Crippen LogP) is -2.58. The van der Waals surface area contributed by atoms with Gasteiger partial charge in [-0.2, -0.15) is 16.8 Å². The van der Waals surface area contributed by atoms with Crippen LogP contribution in [0.5, 0.6) is 0 Å². The Morgan fingerprint density at radius 1 is 0.909 bits per heavy atom. The number of rotatable bonds is 2. The van der Waals surface area contributed by atoms with Crippen molar-refractivity contribution in [2.45, 2.75) is 0 Å². The zero-order valence-corrected chi connectivity index (χ0v) is 5.68. The van der Waals surface area contributed by atoms with Gasteiger partial charge in [-0.3, -0.25) is 9.11 Å². The maximum absolute atomic E-state index is 9.66. The van der Waals surface area contributed by atoms with E-state index in [1.165, 1.54) is 0 Å². The van der Waals surface area contributed by atoms with E-state index in [-0.39, 0.29) is 48.4 Å². The summed E-state index contributed by atoms with van der Waals surface area (Å²) in [6.07, 6.45) is 0. The second-order valence-electron chi connectivity index (χ2n) is 1.28. The van der Waals surface area contributed by atoms with Crippen LogP contribution in [0, 0.1) is 0 Å². The van der Waals surface area contributed by atoms with Gasteiger partial charge in [0.2, 0.25) is 5.08 Å². The first-order chi connectivity index (χ1) is 3.71. The Hall–Kier alpha value is 1.42. The molecular weight excluding hydrogens is 202 g/mol. The molecule has 0 aromatic heterocycles. The van der Waals surface area contributed by atoms with Gasteiger partial charge in [-0.05, 0) is 0 Å². The van der Waals surface area contributed by atoms with Crippen LogP contribution in [0.1, 0.15) is 0 Å². The van der Waals surface area contributed by atoms with Gasteiger partial charge < -0.3 is 0 Å². The molecule has 2 N–H and O–H groups in total. The minimum absolute atomic E-state index is 0. The van der Waals surface area contributed by atoms with Gasteiger partial charge in [0, 0.05) is 0 Å². The van der Waals surface area contributed by atoms with Gasteiger partial charge in [0.15, 0.2) is 0 Å². The van der Waals surface area contributed by atoms with Crippen LogP contribution in [0.25, 0.3) is 0 Å². The van der Waals surface area contributed by atoms with Crippen molar-refractivity contribution in [2.75, 3.05) is 5.08 Å². The first-order valence-corrected chi connectivity index (χ1v) is 4.83. The van der Waals surface area contributed by atoms with Crippen molar-refractivity contribution in [3.8, 4) is 0 Å². The molecule has 0 heterocycles. The Morgan fingerprint density at radius 2 is 1.09 bits per heavy atom. The van der Waals surface area contributed by atoms with Crippen molar-refractivity contribution in [3.63, 3.8) is 0 Å². The Kier molecular flexibility index (Phi) is 9.89. The molecule has 0 saturated heterocycles. The molecule has 0 spiro atoms. The van der Waals surface area contributed by atoms with E-state index in [9.17, 15) is 16.8 Å². The predicted molar refractivity (Wildman–Crippen MR) is 42.3 cm³/mol. The van der Waals surface area contributed by atoms with E-state index in [2.05, 4.69) is 0 Å². The fourth-order valence-electron chi connectivity index (χ4n) is 0.188. The third-order valence-corrected chi connectivity index (χ3v) is 2.68. The summed E-state index contributed by atoms with van der Waals surface area (Å²) >= 11 is 0. The topological polar surface area (TPSA) is 109 Å². The summed E-state index contributed by atoms with van der Waals surface area (Å²) in [5, 5.41) is -1.65. The summed E-state index contributed by atoms with van der Waals surface area (Å²) in [5.74, 6) is 0. The second-order valence-corrected chi connectivity index (χ2v) is 4.55. The molecule has 6 nitrogen and oxygen atoms in total. The molecule has 11 heavy (non-hydrogen) atoms. The first-order valence-electron chi connectivity index (χ1n) is 1.61. The minimum atomic E-state index is -4.62. The van der Waals surface area contributed by atoms with Crippen LogP contribution in [-0.4, -0.2) is 79.4 Å². The van der Waals surface area contributed by atoms with E-state index in [0.717, 1.165) is 0 Å². The average Bonchev–Trinajstić information content (AvgIpc) is 1.14. The quantitative estimate of drug-likeness (QED) is 0.381. The fourth-order valence-corrected chi connectivity index (χ4v) is 1.69. The van der Waals surface area contributed by atoms with Crippen LogP contribution in [-0.2, 0) is 20.2 Å². The molecule has 0 amide bonds.